The molecule has 26 heavy (non-hydrogen) atoms. The summed E-state index contributed by atoms with van der Waals surface area (Å²) in [6, 6.07) is 7.36. The molecule has 0 radical (unpaired) electrons. The van der Waals surface area contributed by atoms with Gasteiger partial charge in [-0.1, -0.05) is 57.3 Å². The maximum Gasteiger partial charge on any atom is 0.192 e. The van der Waals surface area contributed by atoms with Gasteiger partial charge in [0, 0.05) is 28.7 Å². The highest BCUT2D eigenvalue weighted by Gasteiger charge is 2.35. The lowest BCUT2D eigenvalue weighted by atomic mass is 9.70. The molecule has 1 unspecified atom stereocenters. The van der Waals surface area contributed by atoms with Crippen molar-refractivity contribution in [3.63, 3.8) is 0 Å². The van der Waals surface area contributed by atoms with Crippen LogP contribution in [0, 0.1) is 12.3 Å². The monoisotopic (exact) mass is 415 g/mol. The van der Waals surface area contributed by atoms with Gasteiger partial charge >= 0.3 is 0 Å². The van der Waals surface area contributed by atoms with Crippen LogP contribution < -0.4 is 5.32 Å². The first kappa shape index (κ1) is 22.2. The Morgan fingerprint density at radius 2 is 1.65 bits per heavy atom. The Bertz CT molecular complexity index is 568. The fourth-order valence-electron chi connectivity index (χ4n) is 3.99. The predicted octanol–water partition coefficient (Wildman–Crippen LogP) is 7.14. The van der Waals surface area contributed by atoms with Gasteiger partial charge in [-0.25, -0.2) is 0 Å². The molecule has 148 valence electrons. The van der Waals surface area contributed by atoms with Crippen LogP contribution in [0.1, 0.15) is 64.2 Å². The van der Waals surface area contributed by atoms with Crippen LogP contribution in [0.25, 0.3) is 0 Å². The molecule has 1 saturated carbocycles. The summed E-state index contributed by atoms with van der Waals surface area (Å²) in [6.45, 7) is 13.0. The molecule has 0 amide bonds. The van der Waals surface area contributed by atoms with Crippen molar-refractivity contribution in [1.82, 2.24) is 5.32 Å². The zero-order valence-corrected chi connectivity index (χ0v) is 19.6. The molecule has 1 aliphatic rings. The summed E-state index contributed by atoms with van der Waals surface area (Å²) >= 11 is 13.2. The zero-order valence-electron chi connectivity index (χ0n) is 17.1. The topological polar surface area (TPSA) is 21.3 Å². The summed E-state index contributed by atoms with van der Waals surface area (Å²) < 4.78 is 6.85. The van der Waals surface area contributed by atoms with Crippen molar-refractivity contribution in [3.05, 3.63) is 33.3 Å². The smallest absolute Gasteiger partial charge is 0.192 e. The van der Waals surface area contributed by atoms with Crippen molar-refractivity contribution < 1.29 is 4.43 Å². The first-order valence-electron chi connectivity index (χ1n) is 10.1. The lowest BCUT2D eigenvalue weighted by molar-refractivity contribution is 0.137. The fraction of sp³-hybridized carbons (Fsp3) is 0.714. The highest BCUT2D eigenvalue weighted by Crippen LogP contribution is 2.40. The lowest BCUT2D eigenvalue weighted by Crippen LogP contribution is -2.42. The average Bonchev–Trinajstić information content (AvgIpc) is 2.57. The number of benzene rings is 1. The highest BCUT2D eigenvalue weighted by molar-refractivity contribution is 6.73. The molecule has 0 saturated heterocycles. The number of hydrogen-bond acceptors (Lipinski definition) is 2. The Labute approximate surface area is 171 Å². The van der Waals surface area contributed by atoms with Gasteiger partial charge in [-0.3, -0.25) is 0 Å². The molecule has 0 heterocycles. The van der Waals surface area contributed by atoms with Crippen molar-refractivity contribution in [2.45, 2.75) is 78.1 Å². The molecule has 0 bridgehead atoms. The molecule has 2 nitrogen and oxygen atoms in total. The van der Waals surface area contributed by atoms with Crippen molar-refractivity contribution in [1.29, 1.82) is 0 Å². The lowest BCUT2D eigenvalue weighted by Gasteiger charge is -2.40. The van der Waals surface area contributed by atoms with E-state index in [0.29, 0.717) is 5.41 Å². The minimum Gasteiger partial charge on any atom is -0.409 e. The van der Waals surface area contributed by atoms with E-state index in [9.17, 15) is 0 Å². The van der Waals surface area contributed by atoms with E-state index in [0.717, 1.165) is 52.4 Å². The average molecular weight is 417 g/mol. The van der Waals surface area contributed by atoms with E-state index >= 15 is 0 Å². The largest absolute Gasteiger partial charge is 0.409 e. The first-order valence-corrected chi connectivity index (χ1v) is 13.4. The van der Waals surface area contributed by atoms with Gasteiger partial charge in [0.15, 0.2) is 8.32 Å². The highest BCUT2D eigenvalue weighted by atomic mass is 35.5. The fourth-order valence-corrected chi connectivity index (χ4v) is 7.63. The molecular formula is C21H35Cl2NOSi. The number of hydrogen-bond donors (Lipinski definition) is 1. The van der Waals surface area contributed by atoms with Gasteiger partial charge in [-0.15, -0.1) is 0 Å². The molecule has 0 aromatic heterocycles. The summed E-state index contributed by atoms with van der Waals surface area (Å²) in [4.78, 5) is 0. The summed E-state index contributed by atoms with van der Waals surface area (Å²) in [5.74, 6) is 0. The van der Waals surface area contributed by atoms with E-state index < -0.39 is 8.32 Å². The van der Waals surface area contributed by atoms with Crippen molar-refractivity contribution in [3.8, 4) is 0 Å². The van der Waals surface area contributed by atoms with Crippen LogP contribution in [0.15, 0.2) is 12.1 Å². The molecule has 1 N–H and O–H groups in total. The van der Waals surface area contributed by atoms with Gasteiger partial charge in [0.25, 0.3) is 0 Å². The standard InChI is InChI=1S/C21H35Cl2NOSi/c1-6-26(7-2,8-3)25-19(14-24-15-21(5)10-9-11-21)20-17(22)12-16(4)13-18(20)23/h12-13,19,24H,6-11,14-15H2,1-5H3. The second-order valence-corrected chi connectivity index (χ2v) is 13.8. The third-order valence-electron chi connectivity index (χ3n) is 6.31. The zero-order chi connectivity index (χ0) is 19.4. The second kappa shape index (κ2) is 9.42. The Morgan fingerprint density at radius 3 is 2.08 bits per heavy atom. The van der Waals surface area contributed by atoms with Crippen LogP contribution in [0.4, 0.5) is 0 Å². The molecule has 1 fully saturated rings. The summed E-state index contributed by atoms with van der Waals surface area (Å²) in [5.41, 5.74) is 2.49. The van der Waals surface area contributed by atoms with Crippen LogP contribution in [0.2, 0.25) is 28.2 Å². The van der Waals surface area contributed by atoms with Crippen LogP contribution in [0.3, 0.4) is 0 Å². The SMILES string of the molecule is CC[Si](CC)(CC)OC(CNCC1(C)CCC1)c1c(Cl)cc(C)cc1Cl. The molecule has 0 aliphatic heterocycles. The number of nitrogens with one attached hydrogen (secondary N) is 1. The van der Waals surface area contributed by atoms with E-state index in [2.05, 4.69) is 33.0 Å². The van der Waals surface area contributed by atoms with Gasteiger partial charge in [0.05, 0.1) is 6.10 Å². The van der Waals surface area contributed by atoms with Gasteiger partial charge in [-0.2, -0.15) is 0 Å². The minimum atomic E-state index is -1.77. The van der Waals surface area contributed by atoms with E-state index in [4.69, 9.17) is 27.6 Å². The molecule has 1 aromatic carbocycles. The number of halogens is 2. The van der Waals surface area contributed by atoms with E-state index in [1.807, 2.05) is 19.1 Å². The molecule has 1 aromatic rings. The Balaban J connectivity index is 2.23. The van der Waals surface area contributed by atoms with Gasteiger partial charge in [0.2, 0.25) is 0 Å². The normalized spacial score (nSPS) is 17.8. The minimum absolute atomic E-state index is 0.0780. The summed E-state index contributed by atoms with van der Waals surface area (Å²) in [5, 5.41) is 5.12. The molecule has 2 rings (SSSR count). The van der Waals surface area contributed by atoms with Gasteiger partial charge in [0.1, 0.15) is 0 Å². The molecule has 5 heteroatoms. The Kier molecular flexibility index (Phi) is 8.06. The van der Waals surface area contributed by atoms with Gasteiger partial charge in [-0.05, 0) is 61.0 Å². The van der Waals surface area contributed by atoms with Crippen LogP contribution in [-0.2, 0) is 4.43 Å². The predicted molar refractivity (Wildman–Crippen MR) is 117 cm³/mol. The third kappa shape index (κ3) is 5.26. The van der Waals surface area contributed by atoms with E-state index in [-0.39, 0.29) is 6.10 Å². The molecular weight excluding hydrogens is 381 g/mol. The quantitative estimate of drug-likeness (QED) is 0.409. The second-order valence-electron chi connectivity index (χ2n) is 8.29. The molecule has 0 spiro atoms. The maximum absolute atomic E-state index is 6.85. The maximum atomic E-state index is 6.85. The molecule has 1 atom stereocenters. The van der Waals surface area contributed by atoms with Crippen LogP contribution in [0.5, 0.6) is 0 Å². The number of aryl methyl sites for hydroxylation is 1. The summed E-state index contributed by atoms with van der Waals surface area (Å²) in [6.07, 6.45) is 3.90. The Hall–Kier alpha value is -0.0631. The van der Waals surface area contributed by atoms with E-state index in [1.165, 1.54) is 19.3 Å². The number of rotatable bonds is 10. The van der Waals surface area contributed by atoms with Crippen molar-refractivity contribution >= 4 is 31.5 Å². The van der Waals surface area contributed by atoms with Crippen molar-refractivity contribution in [2.75, 3.05) is 13.1 Å². The van der Waals surface area contributed by atoms with Crippen LogP contribution >= 0.6 is 23.2 Å². The van der Waals surface area contributed by atoms with E-state index in [1.54, 1.807) is 0 Å². The first-order chi connectivity index (χ1) is 12.3. The third-order valence-corrected chi connectivity index (χ3v) is 11.6. The molecule has 1 aliphatic carbocycles. The van der Waals surface area contributed by atoms with Crippen molar-refractivity contribution in [2.24, 2.45) is 5.41 Å². The summed E-state index contributed by atoms with van der Waals surface area (Å²) in [7, 11) is -1.77. The van der Waals surface area contributed by atoms with Crippen LogP contribution in [-0.4, -0.2) is 21.4 Å². The Morgan fingerprint density at radius 1 is 1.12 bits per heavy atom. The van der Waals surface area contributed by atoms with Gasteiger partial charge < -0.3 is 9.74 Å².